The van der Waals surface area contributed by atoms with E-state index in [1.807, 2.05) is 0 Å². The quantitative estimate of drug-likeness (QED) is 0.636. The van der Waals surface area contributed by atoms with Gasteiger partial charge in [0.15, 0.2) is 0 Å². The monoisotopic (exact) mass is 367 g/mol. The maximum Gasteiger partial charge on any atom is 0.416 e. The standard InChI is InChI=1S/C21H28F3NO/c22-21(23,24)17-8-10-18(11-9-17)26-20(15-6-4-7-15)13-16-5-2-1-3-12-25-14-19(16)25/h8-11,15-16,19-20H,1-7,12-14H2. The van der Waals surface area contributed by atoms with Gasteiger partial charge in [-0.1, -0.05) is 19.3 Å². The van der Waals surface area contributed by atoms with Crippen molar-refractivity contribution < 1.29 is 17.9 Å². The maximum absolute atomic E-state index is 12.8. The molecule has 2 heterocycles. The van der Waals surface area contributed by atoms with Crippen LogP contribution in [-0.4, -0.2) is 30.1 Å². The van der Waals surface area contributed by atoms with Crippen LogP contribution in [0.4, 0.5) is 13.2 Å². The van der Waals surface area contributed by atoms with E-state index in [-0.39, 0.29) is 6.10 Å². The van der Waals surface area contributed by atoms with E-state index in [4.69, 9.17) is 4.74 Å². The van der Waals surface area contributed by atoms with Gasteiger partial charge in [0, 0.05) is 12.6 Å². The Bertz CT molecular complexity index is 596. The number of rotatable bonds is 5. The largest absolute Gasteiger partial charge is 0.490 e. The van der Waals surface area contributed by atoms with Crippen LogP contribution < -0.4 is 4.74 Å². The van der Waals surface area contributed by atoms with Crippen LogP contribution in [-0.2, 0) is 6.18 Å². The summed E-state index contributed by atoms with van der Waals surface area (Å²) in [5.41, 5.74) is -0.612. The van der Waals surface area contributed by atoms with Crippen molar-refractivity contribution in [1.29, 1.82) is 0 Å². The molecular formula is C21H28F3NO. The predicted molar refractivity (Wildman–Crippen MR) is 95.1 cm³/mol. The molecule has 0 aromatic heterocycles. The first-order valence-corrected chi connectivity index (χ1v) is 10.1. The third-order valence-corrected chi connectivity index (χ3v) is 6.50. The van der Waals surface area contributed by atoms with Crippen LogP contribution in [0, 0.1) is 11.8 Å². The highest BCUT2D eigenvalue weighted by molar-refractivity contribution is 5.29. The van der Waals surface area contributed by atoms with Crippen molar-refractivity contribution in [3.05, 3.63) is 29.8 Å². The lowest BCUT2D eigenvalue weighted by atomic mass is 9.76. The molecule has 0 N–H and O–H groups in total. The zero-order chi connectivity index (χ0) is 18.1. The smallest absolute Gasteiger partial charge is 0.416 e. The van der Waals surface area contributed by atoms with Gasteiger partial charge in [-0.15, -0.1) is 0 Å². The van der Waals surface area contributed by atoms with E-state index >= 15 is 0 Å². The summed E-state index contributed by atoms with van der Waals surface area (Å²) in [5.74, 6) is 1.82. The molecule has 5 heteroatoms. The number of nitrogens with zero attached hydrogens (tertiary/aromatic N) is 1. The summed E-state index contributed by atoms with van der Waals surface area (Å²) >= 11 is 0. The SMILES string of the molecule is FC(F)(F)c1ccc(OC(CC2CCCCCN3CC23)C2CCC2)cc1. The molecule has 0 radical (unpaired) electrons. The second-order valence-corrected chi connectivity index (χ2v) is 8.28. The van der Waals surface area contributed by atoms with Crippen LogP contribution in [0.5, 0.6) is 5.75 Å². The summed E-state index contributed by atoms with van der Waals surface area (Å²) in [6, 6.07) is 5.94. The van der Waals surface area contributed by atoms with Crippen LogP contribution in [0.2, 0.25) is 0 Å². The van der Waals surface area contributed by atoms with Gasteiger partial charge in [0.2, 0.25) is 0 Å². The summed E-state index contributed by atoms with van der Waals surface area (Å²) < 4.78 is 44.5. The number of hydrogen-bond acceptors (Lipinski definition) is 2. The Labute approximate surface area is 153 Å². The molecule has 1 saturated carbocycles. The molecule has 1 aliphatic carbocycles. The van der Waals surface area contributed by atoms with E-state index in [0.29, 0.717) is 23.6 Å². The minimum absolute atomic E-state index is 0.146. The van der Waals surface area contributed by atoms with Crippen molar-refractivity contribution in [2.45, 2.75) is 69.7 Å². The molecule has 4 unspecified atom stereocenters. The Morgan fingerprint density at radius 3 is 2.42 bits per heavy atom. The lowest BCUT2D eigenvalue weighted by Crippen LogP contribution is -2.35. The van der Waals surface area contributed by atoms with Gasteiger partial charge >= 0.3 is 6.18 Å². The van der Waals surface area contributed by atoms with Crippen LogP contribution in [0.1, 0.15) is 56.9 Å². The van der Waals surface area contributed by atoms with Gasteiger partial charge in [0.05, 0.1) is 5.56 Å². The molecule has 26 heavy (non-hydrogen) atoms. The topological polar surface area (TPSA) is 12.2 Å². The van der Waals surface area contributed by atoms with Crippen LogP contribution in [0.15, 0.2) is 24.3 Å². The fourth-order valence-corrected chi connectivity index (χ4v) is 4.61. The van der Waals surface area contributed by atoms with Gasteiger partial charge in [-0.2, -0.15) is 13.2 Å². The summed E-state index contributed by atoms with van der Waals surface area (Å²) in [6.07, 6.45) is 5.72. The van der Waals surface area contributed by atoms with Crippen molar-refractivity contribution in [3.8, 4) is 5.75 Å². The molecule has 0 amide bonds. The average molecular weight is 367 g/mol. The zero-order valence-corrected chi connectivity index (χ0v) is 15.2. The highest BCUT2D eigenvalue weighted by Crippen LogP contribution is 2.40. The molecule has 1 aromatic rings. The first kappa shape index (κ1) is 18.1. The fourth-order valence-electron chi connectivity index (χ4n) is 4.61. The Morgan fingerprint density at radius 2 is 1.77 bits per heavy atom. The molecule has 0 bridgehead atoms. The summed E-state index contributed by atoms with van der Waals surface area (Å²) in [4.78, 5) is 2.58. The maximum atomic E-state index is 12.8. The third kappa shape index (κ3) is 4.19. The number of benzene rings is 1. The lowest BCUT2D eigenvalue weighted by Gasteiger charge is -2.36. The number of hydrogen-bond donors (Lipinski definition) is 0. The van der Waals surface area contributed by atoms with Crippen molar-refractivity contribution in [2.75, 3.05) is 13.1 Å². The Balaban J connectivity index is 1.42. The molecule has 3 fully saturated rings. The highest BCUT2D eigenvalue weighted by atomic mass is 19.4. The van der Waals surface area contributed by atoms with Gasteiger partial charge in [0.1, 0.15) is 11.9 Å². The predicted octanol–water partition coefficient (Wildman–Crippen LogP) is 5.52. The minimum atomic E-state index is -4.29. The minimum Gasteiger partial charge on any atom is -0.490 e. The molecule has 4 rings (SSSR count). The van der Waals surface area contributed by atoms with Crippen LogP contribution >= 0.6 is 0 Å². The third-order valence-electron chi connectivity index (χ3n) is 6.50. The number of alkyl halides is 3. The van der Waals surface area contributed by atoms with Crippen molar-refractivity contribution in [1.82, 2.24) is 4.90 Å². The molecule has 2 nitrogen and oxygen atoms in total. The van der Waals surface area contributed by atoms with Gasteiger partial charge in [-0.3, -0.25) is 4.90 Å². The van der Waals surface area contributed by atoms with Crippen molar-refractivity contribution in [3.63, 3.8) is 0 Å². The van der Waals surface area contributed by atoms with E-state index in [1.165, 1.54) is 70.2 Å². The molecule has 0 spiro atoms. The van der Waals surface area contributed by atoms with Gasteiger partial charge in [-0.25, -0.2) is 0 Å². The normalized spacial score (nSPS) is 30.5. The molecule has 3 aliphatic rings. The number of fused-ring (bicyclic) bond motifs is 1. The van der Waals surface area contributed by atoms with E-state index < -0.39 is 11.7 Å². The summed E-state index contributed by atoms with van der Waals surface area (Å²) in [6.45, 7) is 2.46. The second kappa shape index (κ2) is 7.41. The van der Waals surface area contributed by atoms with Crippen molar-refractivity contribution >= 4 is 0 Å². The second-order valence-electron chi connectivity index (χ2n) is 8.28. The summed E-state index contributed by atoms with van der Waals surface area (Å²) in [5, 5.41) is 0. The van der Waals surface area contributed by atoms with E-state index in [1.54, 1.807) is 0 Å². The van der Waals surface area contributed by atoms with E-state index in [9.17, 15) is 13.2 Å². The number of halogens is 3. The molecule has 2 saturated heterocycles. The van der Waals surface area contributed by atoms with E-state index in [2.05, 4.69) is 4.90 Å². The van der Waals surface area contributed by atoms with E-state index in [0.717, 1.165) is 18.6 Å². The zero-order valence-electron chi connectivity index (χ0n) is 15.2. The highest BCUT2D eigenvalue weighted by Gasteiger charge is 2.43. The Morgan fingerprint density at radius 1 is 1.00 bits per heavy atom. The van der Waals surface area contributed by atoms with Crippen LogP contribution in [0.25, 0.3) is 0 Å². The van der Waals surface area contributed by atoms with Gasteiger partial charge < -0.3 is 4.74 Å². The first-order chi connectivity index (χ1) is 12.5. The molecular weight excluding hydrogens is 339 g/mol. The number of ether oxygens (including phenoxy) is 1. The Hall–Kier alpha value is -1.23. The fraction of sp³-hybridized carbons (Fsp3) is 0.714. The Kier molecular flexibility index (Phi) is 5.18. The van der Waals surface area contributed by atoms with Crippen LogP contribution in [0.3, 0.4) is 0 Å². The van der Waals surface area contributed by atoms with Crippen molar-refractivity contribution in [2.24, 2.45) is 11.8 Å². The average Bonchev–Trinajstić information content (AvgIpc) is 3.27. The van der Waals surface area contributed by atoms with Gasteiger partial charge in [-0.05, 0) is 74.8 Å². The molecule has 4 atom stereocenters. The lowest BCUT2D eigenvalue weighted by molar-refractivity contribution is -0.137. The first-order valence-electron chi connectivity index (χ1n) is 10.1. The molecule has 2 aliphatic heterocycles. The summed E-state index contributed by atoms with van der Waals surface area (Å²) in [7, 11) is 0. The molecule has 144 valence electrons. The molecule has 1 aromatic carbocycles. The van der Waals surface area contributed by atoms with Gasteiger partial charge in [0.25, 0.3) is 0 Å².